The lowest BCUT2D eigenvalue weighted by Gasteiger charge is -2.09. The molecule has 1 aromatic heterocycles. The van der Waals surface area contributed by atoms with Crippen molar-refractivity contribution >= 4 is 21.7 Å². The van der Waals surface area contributed by atoms with Crippen molar-refractivity contribution < 1.29 is 4.74 Å². The molecule has 0 saturated carbocycles. The van der Waals surface area contributed by atoms with Crippen molar-refractivity contribution in [2.75, 3.05) is 12.4 Å². The van der Waals surface area contributed by atoms with Crippen LogP contribution in [-0.2, 0) is 6.54 Å². The monoisotopic (exact) mass is 306 g/mol. The molecule has 2 aromatic rings. The number of hydrogen-bond acceptors (Lipinski definition) is 3. The highest BCUT2D eigenvalue weighted by molar-refractivity contribution is 9.10. The van der Waals surface area contributed by atoms with Gasteiger partial charge in [-0.15, -0.1) is 0 Å². The van der Waals surface area contributed by atoms with Crippen LogP contribution in [0.2, 0.25) is 0 Å². The van der Waals surface area contributed by atoms with E-state index in [9.17, 15) is 0 Å². The van der Waals surface area contributed by atoms with Crippen LogP contribution in [-0.4, -0.2) is 12.1 Å². The standard InChI is InChI=1S/C14H15BrN2O/c1-10-3-8-13(15)17-14(10)16-9-11-4-6-12(18-2)7-5-11/h3-8H,9H2,1-2H3,(H,16,17). The van der Waals surface area contributed by atoms with E-state index < -0.39 is 0 Å². The summed E-state index contributed by atoms with van der Waals surface area (Å²) in [7, 11) is 1.67. The van der Waals surface area contributed by atoms with E-state index in [4.69, 9.17) is 4.74 Å². The second-order valence-electron chi connectivity index (χ2n) is 4.00. The van der Waals surface area contributed by atoms with Gasteiger partial charge in [-0.05, 0) is 52.2 Å². The molecule has 18 heavy (non-hydrogen) atoms. The Morgan fingerprint density at radius 3 is 2.56 bits per heavy atom. The molecular weight excluding hydrogens is 292 g/mol. The summed E-state index contributed by atoms with van der Waals surface area (Å²) < 4.78 is 5.97. The van der Waals surface area contributed by atoms with E-state index in [1.807, 2.05) is 43.3 Å². The second kappa shape index (κ2) is 5.87. The van der Waals surface area contributed by atoms with Gasteiger partial charge in [0.2, 0.25) is 0 Å². The molecule has 1 N–H and O–H groups in total. The van der Waals surface area contributed by atoms with E-state index >= 15 is 0 Å². The quantitative estimate of drug-likeness (QED) is 0.873. The average Bonchev–Trinajstić information content (AvgIpc) is 2.40. The van der Waals surface area contributed by atoms with E-state index in [0.29, 0.717) is 0 Å². The molecule has 1 heterocycles. The van der Waals surface area contributed by atoms with Gasteiger partial charge in [-0.25, -0.2) is 4.98 Å². The zero-order chi connectivity index (χ0) is 13.0. The highest BCUT2D eigenvalue weighted by Crippen LogP contribution is 2.17. The fourth-order valence-corrected chi connectivity index (χ4v) is 1.92. The summed E-state index contributed by atoms with van der Waals surface area (Å²) in [5.41, 5.74) is 2.32. The van der Waals surface area contributed by atoms with Crippen LogP contribution in [0.4, 0.5) is 5.82 Å². The summed E-state index contributed by atoms with van der Waals surface area (Å²) >= 11 is 3.37. The maximum atomic E-state index is 5.13. The lowest BCUT2D eigenvalue weighted by atomic mass is 10.2. The first-order chi connectivity index (χ1) is 8.69. The summed E-state index contributed by atoms with van der Waals surface area (Å²) in [4.78, 5) is 4.40. The Morgan fingerprint density at radius 2 is 1.89 bits per heavy atom. The molecule has 1 aromatic carbocycles. The van der Waals surface area contributed by atoms with E-state index in [1.165, 1.54) is 5.56 Å². The molecule has 0 aliphatic carbocycles. The van der Waals surface area contributed by atoms with Crippen LogP contribution in [0.15, 0.2) is 41.0 Å². The molecule has 3 nitrogen and oxygen atoms in total. The molecule has 0 aliphatic heterocycles. The number of methoxy groups -OCH3 is 1. The number of pyridine rings is 1. The van der Waals surface area contributed by atoms with Crippen LogP contribution in [0.5, 0.6) is 5.75 Å². The molecule has 0 saturated heterocycles. The lowest BCUT2D eigenvalue weighted by Crippen LogP contribution is -2.03. The molecule has 0 radical (unpaired) electrons. The molecule has 0 amide bonds. The van der Waals surface area contributed by atoms with Crippen molar-refractivity contribution in [3.8, 4) is 5.75 Å². The number of anilines is 1. The van der Waals surface area contributed by atoms with Crippen molar-refractivity contribution in [1.29, 1.82) is 0 Å². The molecule has 0 aliphatic rings. The first kappa shape index (κ1) is 12.9. The first-order valence-corrected chi connectivity index (χ1v) is 6.48. The van der Waals surface area contributed by atoms with Crippen LogP contribution < -0.4 is 10.1 Å². The minimum absolute atomic E-state index is 0.744. The Morgan fingerprint density at radius 1 is 1.17 bits per heavy atom. The predicted molar refractivity (Wildman–Crippen MR) is 77.0 cm³/mol. The highest BCUT2D eigenvalue weighted by atomic mass is 79.9. The molecule has 0 unspecified atom stereocenters. The van der Waals surface area contributed by atoms with Crippen LogP contribution in [0, 0.1) is 6.92 Å². The third-order valence-corrected chi connectivity index (χ3v) is 3.12. The van der Waals surface area contributed by atoms with Gasteiger partial charge >= 0.3 is 0 Å². The summed E-state index contributed by atoms with van der Waals surface area (Å²) in [6, 6.07) is 12.0. The van der Waals surface area contributed by atoms with E-state index in [0.717, 1.165) is 28.3 Å². The zero-order valence-electron chi connectivity index (χ0n) is 10.4. The smallest absolute Gasteiger partial charge is 0.130 e. The number of aryl methyl sites for hydroxylation is 1. The van der Waals surface area contributed by atoms with Crippen molar-refractivity contribution in [1.82, 2.24) is 4.98 Å². The number of nitrogens with zero attached hydrogens (tertiary/aromatic N) is 1. The summed E-state index contributed by atoms with van der Waals surface area (Å²) in [6.07, 6.45) is 0. The lowest BCUT2D eigenvalue weighted by molar-refractivity contribution is 0.414. The van der Waals surface area contributed by atoms with Gasteiger partial charge in [-0.2, -0.15) is 0 Å². The van der Waals surface area contributed by atoms with Gasteiger partial charge in [0.1, 0.15) is 16.2 Å². The Hall–Kier alpha value is -1.55. The summed E-state index contributed by atoms with van der Waals surface area (Å²) in [5, 5.41) is 3.33. The Balaban J connectivity index is 2.04. The summed E-state index contributed by atoms with van der Waals surface area (Å²) in [5.74, 6) is 1.77. The second-order valence-corrected chi connectivity index (χ2v) is 4.81. The van der Waals surface area contributed by atoms with Gasteiger partial charge < -0.3 is 10.1 Å². The molecule has 0 atom stereocenters. The maximum Gasteiger partial charge on any atom is 0.130 e. The number of aromatic nitrogens is 1. The number of nitrogens with one attached hydrogen (secondary N) is 1. The van der Waals surface area contributed by atoms with Crippen LogP contribution in [0.3, 0.4) is 0 Å². The predicted octanol–water partition coefficient (Wildman–Crippen LogP) is 3.77. The van der Waals surface area contributed by atoms with Gasteiger partial charge in [0.05, 0.1) is 7.11 Å². The van der Waals surface area contributed by atoms with Gasteiger partial charge in [-0.1, -0.05) is 18.2 Å². The molecule has 2 rings (SSSR count). The van der Waals surface area contributed by atoms with Crippen molar-refractivity contribution in [3.05, 3.63) is 52.1 Å². The van der Waals surface area contributed by atoms with Gasteiger partial charge in [0, 0.05) is 6.54 Å². The first-order valence-electron chi connectivity index (χ1n) is 5.69. The number of halogens is 1. The SMILES string of the molecule is COc1ccc(CNc2nc(Br)ccc2C)cc1. The van der Waals surface area contributed by atoms with E-state index in [-0.39, 0.29) is 0 Å². The zero-order valence-corrected chi connectivity index (χ0v) is 12.0. The largest absolute Gasteiger partial charge is 0.497 e. The molecule has 0 fully saturated rings. The molecule has 94 valence electrons. The van der Waals surface area contributed by atoms with Crippen molar-refractivity contribution in [2.24, 2.45) is 0 Å². The maximum absolute atomic E-state index is 5.13. The van der Waals surface area contributed by atoms with Crippen molar-refractivity contribution in [2.45, 2.75) is 13.5 Å². The number of benzene rings is 1. The molecular formula is C14H15BrN2O. The Labute approximate surface area is 115 Å². The van der Waals surface area contributed by atoms with Gasteiger partial charge in [-0.3, -0.25) is 0 Å². The minimum atomic E-state index is 0.744. The normalized spacial score (nSPS) is 10.2. The van der Waals surface area contributed by atoms with Gasteiger partial charge in [0.25, 0.3) is 0 Å². The average molecular weight is 307 g/mol. The third kappa shape index (κ3) is 3.23. The third-order valence-electron chi connectivity index (χ3n) is 2.68. The van der Waals surface area contributed by atoms with Gasteiger partial charge in [0.15, 0.2) is 0 Å². The van der Waals surface area contributed by atoms with E-state index in [1.54, 1.807) is 7.11 Å². The van der Waals surface area contributed by atoms with Crippen molar-refractivity contribution in [3.63, 3.8) is 0 Å². The number of hydrogen-bond donors (Lipinski definition) is 1. The van der Waals surface area contributed by atoms with E-state index in [2.05, 4.69) is 26.2 Å². The van der Waals surface area contributed by atoms with Crippen LogP contribution in [0.1, 0.15) is 11.1 Å². The number of ether oxygens (including phenoxy) is 1. The molecule has 0 spiro atoms. The summed E-state index contributed by atoms with van der Waals surface area (Å²) in [6.45, 7) is 2.78. The van der Waals surface area contributed by atoms with Crippen LogP contribution in [0.25, 0.3) is 0 Å². The molecule has 0 bridgehead atoms. The number of rotatable bonds is 4. The van der Waals surface area contributed by atoms with Crippen LogP contribution >= 0.6 is 15.9 Å². The Kier molecular flexibility index (Phi) is 4.20. The minimum Gasteiger partial charge on any atom is -0.497 e. The Bertz CT molecular complexity index is 526. The fraction of sp³-hybridized carbons (Fsp3) is 0.214. The fourth-order valence-electron chi connectivity index (χ4n) is 1.61. The highest BCUT2D eigenvalue weighted by Gasteiger charge is 2.01. The topological polar surface area (TPSA) is 34.1 Å². The molecule has 4 heteroatoms.